The number of hydrogen-bond acceptors (Lipinski definition) is 4. The first-order chi connectivity index (χ1) is 13.2. The van der Waals surface area contributed by atoms with E-state index in [-0.39, 0.29) is 18.2 Å². The number of likely N-dealkylation sites (tertiary alicyclic amines) is 1. The maximum Gasteiger partial charge on any atom is 0.411 e. The third-order valence-corrected chi connectivity index (χ3v) is 5.28. The Bertz CT molecular complexity index is 758. The monoisotopic (exact) mass is 469 g/mol. The van der Waals surface area contributed by atoms with Gasteiger partial charge in [-0.05, 0) is 74.5 Å². The number of aromatic nitrogens is 1. The molecule has 0 aliphatic carbocycles. The summed E-state index contributed by atoms with van der Waals surface area (Å²) in [4.78, 5) is 24.1. The molecule has 0 saturated carbocycles. The van der Waals surface area contributed by atoms with E-state index >= 15 is 0 Å². The minimum absolute atomic E-state index is 0.200. The smallest absolute Gasteiger partial charge is 0.411 e. The summed E-state index contributed by atoms with van der Waals surface area (Å²) in [6.45, 7) is 7.63. The standard InChI is InChI=1S/C21H29BrClN3O2/c1-6-9-14(23)19(24-5)17-12-8-11-16(15-10-7-13-18(22)25-15)26(17)20(27)28-21(2,3)4/h7,9-10,13,16-17H,6,8,11-12H2,1-5H3/b14-9+,24-19?. The Kier molecular flexibility index (Phi) is 8.07. The number of aliphatic imine (C=N–C) groups is 1. The third-order valence-electron chi connectivity index (χ3n) is 4.49. The van der Waals surface area contributed by atoms with E-state index in [9.17, 15) is 4.79 Å². The molecule has 2 heterocycles. The molecule has 5 nitrogen and oxygen atoms in total. The lowest BCUT2D eigenvalue weighted by Gasteiger charge is -2.42. The number of ether oxygens (including phenoxy) is 1. The lowest BCUT2D eigenvalue weighted by atomic mass is 9.90. The zero-order valence-electron chi connectivity index (χ0n) is 17.2. The van der Waals surface area contributed by atoms with Crippen molar-refractivity contribution in [1.82, 2.24) is 9.88 Å². The molecule has 1 fully saturated rings. The first kappa shape index (κ1) is 22.9. The van der Waals surface area contributed by atoms with Gasteiger partial charge in [-0.2, -0.15) is 0 Å². The molecule has 7 heteroatoms. The molecular weight excluding hydrogens is 442 g/mol. The van der Waals surface area contributed by atoms with Crippen molar-refractivity contribution >= 4 is 39.3 Å². The summed E-state index contributed by atoms with van der Waals surface area (Å²) in [5, 5.41) is 0.589. The SMILES string of the molecule is CC/C=C(/Cl)C(=NC)C1CCCC(c2cccc(Br)n2)N1C(=O)OC(C)(C)C. The maximum absolute atomic E-state index is 13.2. The Balaban J connectivity index is 2.50. The summed E-state index contributed by atoms with van der Waals surface area (Å²) in [6.07, 6.45) is 4.89. The van der Waals surface area contributed by atoms with E-state index in [0.29, 0.717) is 10.7 Å². The Labute approximate surface area is 181 Å². The molecule has 154 valence electrons. The fraction of sp³-hybridized carbons (Fsp3) is 0.571. The zero-order chi connectivity index (χ0) is 20.9. The second-order valence-corrected chi connectivity index (χ2v) is 9.02. The average molecular weight is 471 g/mol. The van der Waals surface area contributed by atoms with Gasteiger partial charge in [-0.1, -0.05) is 30.7 Å². The van der Waals surface area contributed by atoms with Gasteiger partial charge in [-0.25, -0.2) is 9.78 Å². The normalized spacial score (nSPS) is 21.6. The van der Waals surface area contributed by atoms with Crippen molar-refractivity contribution in [3.8, 4) is 0 Å². The lowest BCUT2D eigenvalue weighted by molar-refractivity contribution is 0.00241. The Morgan fingerprint density at radius 2 is 2.14 bits per heavy atom. The number of halogens is 2. The number of allylic oxidation sites excluding steroid dienone is 1. The van der Waals surface area contributed by atoms with E-state index in [1.807, 2.05) is 52.0 Å². The van der Waals surface area contributed by atoms with Crippen LogP contribution in [0.15, 0.2) is 38.9 Å². The van der Waals surface area contributed by atoms with Gasteiger partial charge in [-0.15, -0.1) is 0 Å². The summed E-state index contributed by atoms with van der Waals surface area (Å²) >= 11 is 9.97. The van der Waals surface area contributed by atoms with Crippen molar-refractivity contribution in [2.45, 2.75) is 71.1 Å². The molecule has 0 bridgehead atoms. The van der Waals surface area contributed by atoms with Crippen LogP contribution in [0, 0.1) is 0 Å². The molecule has 28 heavy (non-hydrogen) atoms. The number of rotatable bonds is 4. The van der Waals surface area contributed by atoms with Gasteiger partial charge in [0.15, 0.2) is 0 Å². The fourth-order valence-corrected chi connectivity index (χ4v) is 4.16. The first-order valence-electron chi connectivity index (χ1n) is 9.64. The molecule has 1 aliphatic heterocycles. The third kappa shape index (κ3) is 5.80. The number of hydrogen-bond donors (Lipinski definition) is 0. The Morgan fingerprint density at radius 1 is 1.43 bits per heavy atom. The fourth-order valence-electron chi connectivity index (χ4n) is 3.44. The van der Waals surface area contributed by atoms with Crippen molar-refractivity contribution in [1.29, 1.82) is 0 Å². The molecule has 0 aromatic carbocycles. The van der Waals surface area contributed by atoms with Crippen LogP contribution < -0.4 is 0 Å². The summed E-state index contributed by atoms with van der Waals surface area (Å²) in [7, 11) is 1.72. The molecular formula is C21H29BrClN3O2. The number of carbonyl (C=O) groups is 1. The van der Waals surface area contributed by atoms with Crippen LogP contribution in [0.25, 0.3) is 0 Å². The van der Waals surface area contributed by atoms with Crippen LogP contribution in [0.5, 0.6) is 0 Å². The second-order valence-electron chi connectivity index (χ2n) is 7.80. The van der Waals surface area contributed by atoms with Gasteiger partial charge < -0.3 is 4.74 Å². The number of pyridine rings is 1. The van der Waals surface area contributed by atoms with Gasteiger partial charge in [0.1, 0.15) is 10.2 Å². The van der Waals surface area contributed by atoms with Crippen LogP contribution >= 0.6 is 27.5 Å². The van der Waals surface area contributed by atoms with Gasteiger partial charge in [0.05, 0.1) is 28.5 Å². The predicted octanol–water partition coefficient (Wildman–Crippen LogP) is 6.28. The highest BCUT2D eigenvalue weighted by molar-refractivity contribution is 9.10. The Hall–Kier alpha value is -1.40. The van der Waals surface area contributed by atoms with Crippen molar-refractivity contribution in [3.05, 3.63) is 39.6 Å². The van der Waals surface area contributed by atoms with E-state index in [1.165, 1.54) is 0 Å². The minimum Gasteiger partial charge on any atom is -0.444 e. The zero-order valence-corrected chi connectivity index (χ0v) is 19.5. The van der Waals surface area contributed by atoms with E-state index in [0.717, 1.165) is 36.0 Å². The molecule has 1 amide bonds. The van der Waals surface area contributed by atoms with Crippen molar-refractivity contribution in [2.24, 2.45) is 4.99 Å². The molecule has 2 atom stereocenters. The number of piperidine rings is 1. The molecule has 0 radical (unpaired) electrons. The topological polar surface area (TPSA) is 54.8 Å². The molecule has 0 N–H and O–H groups in total. The summed E-state index contributed by atoms with van der Waals surface area (Å²) in [6, 6.07) is 5.30. The van der Waals surface area contributed by atoms with E-state index in [1.54, 1.807) is 11.9 Å². The van der Waals surface area contributed by atoms with Gasteiger partial charge in [0.2, 0.25) is 0 Å². The van der Waals surface area contributed by atoms with Crippen LogP contribution in [0.1, 0.15) is 65.1 Å². The largest absolute Gasteiger partial charge is 0.444 e. The highest BCUT2D eigenvalue weighted by Crippen LogP contribution is 2.37. The van der Waals surface area contributed by atoms with E-state index in [2.05, 4.69) is 25.9 Å². The van der Waals surface area contributed by atoms with Crippen LogP contribution in [0.4, 0.5) is 4.79 Å². The van der Waals surface area contributed by atoms with Gasteiger partial charge >= 0.3 is 6.09 Å². The molecule has 2 rings (SSSR count). The number of nitrogens with zero attached hydrogens (tertiary/aromatic N) is 3. The summed E-state index contributed by atoms with van der Waals surface area (Å²) < 4.78 is 6.49. The van der Waals surface area contributed by atoms with Crippen LogP contribution in [0.3, 0.4) is 0 Å². The van der Waals surface area contributed by atoms with Gasteiger partial charge in [-0.3, -0.25) is 9.89 Å². The highest BCUT2D eigenvalue weighted by Gasteiger charge is 2.41. The predicted molar refractivity (Wildman–Crippen MR) is 118 cm³/mol. The second kappa shape index (κ2) is 9.88. The molecule has 2 unspecified atom stereocenters. The van der Waals surface area contributed by atoms with E-state index in [4.69, 9.17) is 16.3 Å². The van der Waals surface area contributed by atoms with Crippen molar-refractivity contribution in [3.63, 3.8) is 0 Å². The molecule has 1 aromatic rings. The van der Waals surface area contributed by atoms with Gasteiger partial charge in [0, 0.05) is 7.05 Å². The first-order valence-corrected chi connectivity index (χ1v) is 10.8. The lowest BCUT2D eigenvalue weighted by Crippen LogP contribution is -2.51. The maximum atomic E-state index is 13.2. The van der Waals surface area contributed by atoms with E-state index < -0.39 is 5.60 Å². The molecule has 1 aliphatic rings. The molecule has 0 spiro atoms. The van der Waals surface area contributed by atoms with Crippen molar-refractivity contribution in [2.75, 3.05) is 7.05 Å². The van der Waals surface area contributed by atoms with Crippen LogP contribution in [0.2, 0.25) is 0 Å². The quantitative estimate of drug-likeness (QED) is 0.384. The number of amides is 1. The highest BCUT2D eigenvalue weighted by atomic mass is 79.9. The summed E-state index contributed by atoms with van der Waals surface area (Å²) in [5.41, 5.74) is 0.950. The summed E-state index contributed by atoms with van der Waals surface area (Å²) in [5.74, 6) is 0. The number of carbonyl (C=O) groups excluding carboxylic acids is 1. The molecule has 1 saturated heterocycles. The van der Waals surface area contributed by atoms with Crippen LogP contribution in [-0.4, -0.2) is 40.4 Å². The van der Waals surface area contributed by atoms with Gasteiger partial charge in [0.25, 0.3) is 0 Å². The molecule has 1 aromatic heterocycles. The average Bonchev–Trinajstić information content (AvgIpc) is 2.61. The van der Waals surface area contributed by atoms with Crippen LogP contribution in [-0.2, 0) is 4.74 Å². The minimum atomic E-state index is -0.596. The Morgan fingerprint density at radius 3 is 2.71 bits per heavy atom. The van der Waals surface area contributed by atoms with Crippen molar-refractivity contribution < 1.29 is 9.53 Å².